The zero-order valence-electron chi connectivity index (χ0n) is 19.2. The van der Waals surface area contributed by atoms with E-state index in [-0.39, 0.29) is 17.5 Å². The van der Waals surface area contributed by atoms with Crippen LogP contribution in [0.4, 0.5) is 0 Å². The number of hydrogen-bond acceptors (Lipinski definition) is 5. The summed E-state index contributed by atoms with van der Waals surface area (Å²) in [6, 6.07) is 8.29. The molecule has 4 atom stereocenters. The van der Waals surface area contributed by atoms with Gasteiger partial charge in [0, 0.05) is 32.1 Å². The molecule has 4 aliphatic rings. The molecular weight excluding hydrogens is 414 g/mol. The van der Waals surface area contributed by atoms with Crippen molar-refractivity contribution in [3.8, 4) is 0 Å². The van der Waals surface area contributed by atoms with Gasteiger partial charge in [0.25, 0.3) is 5.56 Å². The highest BCUT2D eigenvalue weighted by atomic mass is 16.2. The molecule has 6 rings (SSSR count). The van der Waals surface area contributed by atoms with Gasteiger partial charge in [-0.1, -0.05) is 35.4 Å². The summed E-state index contributed by atoms with van der Waals surface area (Å²) < 4.78 is 1.40. The second-order valence-electron chi connectivity index (χ2n) is 10.3. The van der Waals surface area contributed by atoms with E-state index in [9.17, 15) is 9.59 Å². The van der Waals surface area contributed by atoms with Gasteiger partial charge in [-0.3, -0.25) is 14.5 Å². The Bertz CT molecular complexity index is 1140. The van der Waals surface area contributed by atoms with Gasteiger partial charge in [0.15, 0.2) is 0 Å². The predicted molar refractivity (Wildman–Crippen MR) is 127 cm³/mol. The molecule has 1 amide bonds. The first-order valence-corrected chi connectivity index (χ1v) is 12.8. The van der Waals surface area contributed by atoms with Crippen LogP contribution in [0.1, 0.15) is 51.4 Å². The van der Waals surface area contributed by atoms with Crippen molar-refractivity contribution in [3.63, 3.8) is 0 Å². The molecular formula is C26H33N5O2. The Morgan fingerprint density at radius 3 is 2.97 bits per heavy atom. The SMILES string of the molecule is O=C(CCCn1nnc2ccccc2c1=O)N1CCCC2=C[C@H]3C[C@H](CN4CCCC[C@H]34)[C@@H]21. The number of aromatic nitrogens is 3. The maximum absolute atomic E-state index is 13.3. The van der Waals surface area contributed by atoms with Crippen molar-refractivity contribution >= 4 is 16.8 Å². The lowest BCUT2D eigenvalue weighted by Crippen LogP contribution is -2.60. The molecule has 0 unspecified atom stereocenters. The number of rotatable bonds is 4. The number of nitrogens with zero attached hydrogens (tertiary/aromatic N) is 5. The molecule has 0 spiro atoms. The van der Waals surface area contributed by atoms with Gasteiger partial charge in [-0.2, -0.15) is 0 Å². The van der Waals surface area contributed by atoms with Gasteiger partial charge in [0.2, 0.25) is 5.91 Å². The van der Waals surface area contributed by atoms with Crippen LogP contribution in [0.5, 0.6) is 0 Å². The van der Waals surface area contributed by atoms with Crippen molar-refractivity contribution in [1.82, 2.24) is 24.8 Å². The lowest BCUT2D eigenvalue weighted by molar-refractivity contribution is -0.136. The van der Waals surface area contributed by atoms with Crippen molar-refractivity contribution in [2.24, 2.45) is 11.8 Å². The van der Waals surface area contributed by atoms with Gasteiger partial charge in [-0.15, -0.1) is 5.10 Å². The van der Waals surface area contributed by atoms with E-state index in [0.29, 0.717) is 42.1 Å². The molecule has 0 saturated carbocycles. The van der Waals surface area contributed by atoms with Crippen LogP contribution in [-0.2, 0) is 11.3 Å². The highest BCUT2D eigenvalue weighted by Crippen LogP contribution is 2.45. The molecule has 1 aliphatic carbocycles. The first-order valence-electron chi connectivity index (χ1n) is 12.8. The second-order valence-corrected chi connectivity index (χ2v) is 10.3. The predicted octanol–water partition coefficient (Wildman–Crippen LogP) is 2.99. The summed E-state index contributed by atoms with van der Waals surface area (Å²) in [5, 5.41) is 8.81. The highest BCUT2D eigenvalue weighted by molar-refractivity contribution is 5.77. The van der Waals surface area contributed by atoms with Crippen LogP contribution in [0.2, 0.25) is 0 Å². The molecule has 2 bridgehead atoms. The summed E-state index contributed by atoms with van der Waals surface area (Å²) in [5.74, 6) is 1.48. The van der Waals surface area contributed by atoms with E-state index in [4.69, 9.17) is 0 Å². The molecule has 33 heavy (non-hydrogen) atoms. The Morgan fingerprint density at radius 2 is 2.03 bits per heavy atom. The average Bonchev–Trinajstić information content (AvgIpc) is 2.85. The zero-order valence-corrected chi connectivity index (χ0v) is 19.2. The van der Waals surface area contributed by atoms with Crippen molar-refractivity contribution < 1.29 is 4.79 Å². The Balaban J connectivity index is 1.14. The number of likely N-dealkylation sites (tertiary alicyclic amines) is 1. The molecule has 174 valence electrons. The highest BCUT2D eigenvalue weighted by Gasteiger charge is 2.46. The lowest BCUT2D eigenvalue weighted by atomic mass is 9.68. The molecule has 3 aliphatic heterocycles. The summed E-state index contributed by atoms with van der Waals surface area (Å²) in [7, 11) is 0. The monoisotopic (exact) mass is 447 g/mol. The van der Waals surface area contributed by atoms with E-state index < -0.39 is 0 Å². The number of benzene rings is 1. The fourth-order valence-corrected chi connectivity index (χ4v) is 6.95. The number of aryl methyl sites for hydroxylation is 1. The van der Waals surface area contributed by atoms with Crippen LogP contribution in [-0.4, -0.2) is 62.4 Å². The smallest absolute Gasteiger partial charge is 0.277 e. The molecule has 3 fully saturated rings. The Morgan fingerprint density at radius 1 is 1.12 bits per heavy atom. The van der Waals surface area contributed by atoms with Crippen LogP contribution in [0, 0.1) is 11.8 Å². The maximum Gasteiger partial charge on any atom is 0.277 e. The van der Waals surface area contributed by atoms with Gasteiger partial charge < -0.3 is 4.90 Å². The summed E-state index contributed by atoms with van der Waals surface area (Å²) in [6.07, 6.45) is 11.1. The molecule has 2 aromatic rings. The second kappa shape index (κ2) is 8.67. The summed E-state index contributed by atoms with van der Waals surface area (Å²) >= 11 is 0. The molecule has 7 heteroatoms. The standard InChI is InChI=1S/C26H33N5O2/c32-24(11-6-14-31-26(33)21-8-1-2-9-22(21)27-28-31)30-13-5-7-18-15-19-16-20(25(18)30)17-29-12-4-3-10-23(19)29/h1-2,8-9,15,19-20,23,25H,3-7,10-14,16-17H2/t19-,20+,23+,25+/m0/s1. The number of hydrogen-bond donors (Lipinski definition) is 0. The molecule has 4 heterocycles. The third-order valence-electron chi connectivity index (χ3n) is 8.37. The van der Waals surface area contributed by atoms with E-state index in [1.165, 1.54) is 42.5 Å². The number of carbonyl (C=O) groups is 1. The van der Waals surface area contributed by atoms with Gasteiger partial charge in [-0.05, 0) is 69.0 Å². The van der Waals surface area contributed by atoms with E-state index in [2.05, 4.69) is 26.2 Å². The van der Waals surface area contributed by atoms with Crippen LogP contribution >= 0.6 is 0 Å². The minimum atomic E-state index is -0.132. The molecule has 7 nitrogen and oxygen atoms in total. The summed E-state index contributed by atoms with van der Waals surface area (Å²) in [6.45, 7) is 3.66. The Hall–Kier alpha value is -2.54. The number of carbonyl (C=O) groups excluding carboxylic acids is 1. The normalized spacial score (nSPS) is 29.3. The third kappa shape index (κ3) is 3.80. The van der Waals surface area contributed by atoms with Crippen LogP contribution < -0.4 is 5.56 Å². The quantitative estimate of drug-likeness (QED) is 0.674. The fraction of sp³-hybridized carbons (Fsp3) is 0.615. The lowest BCUT2D eigenvalue weighted by Gasteiger charge is -2.54. The molecule has 1 aromatic heterocycles. The Labute approximate surface area is 194 Å². The van der Waals surface area contributed by atoms with Crippen LogP contribution in [0.25, 0.3) is 10.9 Å². The molecule has 1 aromatic carbocycles. The van der Waals surface area contributed by atoms with Gasteiger partial charge >= 0.3 is 0 Å². The van der Waals surface area contributed by atoms with Gasteiger partial charge in [-0.25, -0.2) is 4.68 Å². The van der Waals surface area contributed by atoms with E-state index >= 15 is 0 Å². The Kier molecular flexibility index (Phi) is 5.52. The van der Waals surface area contributed by atoms with Crippen LogP contribution in [0.15, 0.2) is 40.7 Å². The number of piperidine rings is 3. The van der Waals surface area contributed by atoms with E-state index in [1.54, 1.807) is 12.1 Å². The topological polar surface area (TPSA) is 71.3 Å². The summed E-state index contributed by atoms with van der Waals surface area (Å²) in [5.41, 5.74) is 2.01. The number of amides is 1. The first-order chi connectivity index (χ1) is 16.2. The zero-order chi connectivity index (χ0) is 22.4. The molecule has 0 radical (unpaired) electrons. The van der Waals surface area contributed by atoms with Gasteiger partial charge in [0.05, 0.1) is 11.4 Å². The minimum absolute atomic E-state index is 0.132. The van der Waals surface area contributed by atoms with Gasteiger partial charge in [0.1, 0.15) is 5.52 Å². The number of fused-ring (bicyclic) bond motifs is 7. The fourth-order valence-electron chi connectivity index (χ4n) is 6.95. The third-order valence-corrected chi connectivity index (χ3v) is 8.37. The minimum Gasteiger partial charge on any atom is -0.336 e. The van der Waals surface area contributed by atoms with Crippen molar-refractivity contribution in [3.05, 3.63) is 46.3 Å². The van der Waals surface area contributed by atoms with E-state index in [1.807, 2.05) is 12.1 Å². The van der Waals surface area contributed by atoms with Crippen molar-refractivity contribution in [2.75, 3.05) is 19.6 Å². The van der Waals surface area contributed by atoms with Crippen molar-refractivity contribution in [2.45, 2.75) is 70.0 Å². The largest absolute Gasteiger partial charge is 0.336 e. The maximum atomic E-state index is 13.3. The molecule has 3 saturated heterocycles. The average molecular weight is 448 g/mol. The van der Waals surface area contributed by atoms with E-state index in [0.717, 1.165) is 32.0 Å². The first kappa shape index (κ1) is 21.0. The summed E-state index contributed by atoms with van der Waals surface area (Å²) in [4.78, 5) is 30.9. The van der Waals surface area contributed by atoms with Crippen LogP contribution in [0.3, 0.4) is 0 Å². The van der Waals surface area contributed by atoms with Crippen molar-refractivity contribution in [1.29, 1.82) is 0 Å². The molecule has 0 N–H and O–H groups in total.